The average Bonchev–Trinajstić information content (AvgIpc) is 2.86. The SMILES string of the molecule is NCN1C(=O)C(c2ccccc2)=S=C1c1ccccc1. The molecule has 0 spiro atoms. The Kier molecular flexibility index (Phi) is 3.50. The van der Waals surface area contributed by atoms with Gasteiger partial charge >= 0.3 is 0 Å². The van der Waals surface area contributed by atoms with E-state index >= 15 is 0 Å². The molecular weight excluding hydrogens is 268 g/mol. The highest BCUT2D eigenvalue weighted by Gasteiger charge is 2.28. The number of rotatable bonds is 3. The van der Waals surface area contributed by atoms with E-state index < -0.39 is 0 Å². The molecule has 1 aliphatic heterocycles. The van der Waals surface area contributed by atoms with Gasteiger partial charge in [-0.2, -0.15) is 0 Å². The lowest BCUT2D eigenvalue weighted by Gasteiger charge is -2.18. The molecule has 3 rings (SSSR count). The van der Waals surface area contributed by atoms with Crippen molar-refractivity contribution in [2.24, 2.45) is 5.73 Å². The molecule has 2 N–H and O–H groups in total. The van der Waals surface area contributed by atoms with Crippen molar-refractivity contribution in [3.05, 3.63) is 71.8 Å². The Morgan fingerprint density at radius 3 is 2.00 bits per heavy atom. The second-order valence-electron chi connectivity index (χ2n) is 4.38. The third-order valence-electron chi connectivity index (χ3n) is 3.12. The first kappa shape index (κ1) is 12.8. The van der Waals surface area contributed by atoms with E-state index in [4.69, 9.17) is 5.73 Å². The van der Waals surface area contributed by atoms with Gasteiger partial charge in [-0.05, 0) is 5.56 Å². The first-order valence-corrected chi connectivity index (χ1v) is 7.17. The number of hydrogen-bond donors (Lipinski definition) is 1. The molecule has 0 saturated carbocycles. The summed E-state index contributed by atoms with van der Waals surface area (Å²) in [6.07, 6.45) is 0. The third kappa shape index (κ3) is 2.19. The van der Waals surface area contributed by atoms with E-state index in [1.54, 1.807) is 4.90 Å². The summed E-state index contributed by atoms with van der Waals surface area (Å²) < 4.78 is 0. The molecule has 0 fully saturated rings. The average molecular weight is 282 g/mol. The highest BCUT2D eigenvalue weighted by Crippen LogP contribution is 2.17. The molecule has 2 aromatic carbocycles. The summed E-state index contributed by atoms with van der Waals surface area (Å²) in [7, 11) is 1.49. The zero-order valence-corrected chi connectivity index (χ0v) is 11.6. The fourth-order valence-electron chi connectivity index (χ4n) is 2.14. The molecule has 1 heterocycles. The molecule has 4 heteroatoms. The minimum absolute atomic E-state index is 0.0254. The van der Waals surface area contributed by atoms with Crippen molar-refractivity contribution in [1.82, 2.24) is 4.90 Å². The standard InChI is InChI=1S/C16H14N2OS/c17-11-18-15(19)14(12-7-3-1-4-8-12)20-16(18)13-9-5-2-6-10-13/h1-10H,11,17H2. The lowest BCUT2D eigenvalue weighted by atomic mass is 10.1. The Hall–Kier alpha value is -2.17. The first-order chi connectivity index (χ1) is 9.81. The van der Waals surface area contributed by atoms with Gasteiger partial charge in [0, 0.05) is 5.56 Å². The maximum Gasteiger partial charge on any atom is 0.270 e. The van der Waals surface area contributed by atoms with Gasteiger partial charge in [0.05, 0.1) is 6.67 Å². The van der Waals surface area contributed by atoms with E-state index in [0.717, 1.165) is 21.0 Å². The molecular formula is C16H14N2OS. The normalized spacial score (nSPS) is 14.7. The first-order valence-electron chi connectivity index (χ1n) is 6.36. The smallest absolute Gasteiger partial charge is 0.270 e. The molecule has 0 aromatic heterocycles. The van der Waals surface area contributed by atoms with Crippen molar-refractivity contribution in [3.8, 4) is 0 Å². The molecule has 20 heavy (non-hydrogen) atoms. The van der Waals surface area contributed by atoms with Crippen molar-refractivity contribution in [3.63, 3.8) is 0 Å². The van der Waals surface area contributed by atoms with Gasteiger partial charge in [-0.15, -0.1) is 10.9 Å². The Bertz CT molecular complexity index is 704. The largest absolute Gasteiger partial charge is 0.313 e. The number of amides is 1. The number of carbonyl (C=O) groups excluding carboxylic acids is 1. The van der Waals surface area contributed by atoms with Crippen molar-refractivity contribution < 1.29 is 4.79 Å². The zero-order chi connectivity index (χ0) is 13.9. The van der Waals surface area contributed by atoms with Gasteiger partial charge in [0.25, 0.3) is 5.91 Å². The van der Waals surface area contributed by atoms with Crippen LogP contribution in [0.2, 0.25) is 0 Å². The molecule has 1 aliphatic rings. The molecule has 0 bridgehead atoms. The molecule has 0 saturated heterocycles. The summed E-state index contributed by atoms with van der Waals surface area (Å²) in [5, 5.41) is 0. The molecule has 1 amide bonds. The van der Waals surface area contributed by atoms with Crippen LogP contribution in [-0.2, 0) is 4.79 Å². The Morgan fingerprint density at radius 2 is 1.45 bits per heavy atom. The number of hydrogen-bond acceptors (Lipinski definition) is 2. The minimum Gasteiger partial charge on any atom is -0.313 e. The van der Waals surface area contributed by atoms with Crippen LogP contribution in [0.1, 0.15) is 11.1 Å². The number of nitrogens with two attached hydrogens (primary N) is 1. The summed E-state index contributed by atoms with van der Waals surface area (Å²) in [5.74, 6) is -0.0254. The summed E-state index contributed by atoms with van der Waals surface area (Å²) in [4.78, 5) is 15.7. The van der Waals surface area contributed by atoms with Crippen molar-refractivity contribution >= 4 is 26.7 Å². The van der Waals surface area contributed by atoms with E-state index in [-0.39, 0.29) is 12.6 Å². The topological polar surface area (TPSA) is 46.3 Å². The summed E-state index contributed by atoms with van der Waals surface area (Å²) in [6, 6.07) is 19.6. The van der Waals surface area contributed by atoms with E-state index in [0.29, 0.717) is 0 Å². The molecule has 0 aliphatic carbocycles. The van der Waals surface area contributed by atoms with Gasteiger partial charge in [-0.1, -0.05) is 60.7 Å². The predicted molar refractivity (Wildman–Crippen MR) is 84.6 cm³/mol. The lowest BCUT2D eigenvalue weighted by molar-refractivity contribution is -0.120. The van der Waals surface area contributed by atoms with Gasteiger partial charge in [-0.25, -0.2) is 0 Å². The molecule has 0 atom stereocenters. The van der Waals surface area contributed by atoms with Crippen LogP contribution in [0.5, 0.6) is 0 Å². The maximum absolute atomic E-state index is 12.5. The van der Waals surface area contributed by atoms with Crippen molar-refractivity contribution in [2.75, 3.05) is 6.67 Å². The van der Waals surface area contributed by atoms with Gasteiger partial charge in [0.15, 0.2) is 0 Å². The highest BCUT2D eigenvalue weighted by atomic mass is 32.1. The monoisotopic (exact) mass is 282 g/mol. The Morgan fingerprint density at radius 1 is 0.900 bits per heavy atom. The molecule has 100 valence electrons. The van der Waals surface area contributed by atoms with E-state index in [1.165, 1.54) is 10.9 Å². The van der Waals surface area contributed by atoms with E-state index in [9.17, 15) is 4.79 Å². The van der Waals surface area contributed by atoms with Crippen LogP contribution in [0.4, 0.5) is 0 Å². The van der Waals surface area contributed by atoms with E-state index in [1.807, 2.05) is 60.7 Å². The lowest BCUT2D eigenvalue weighted by Crippen LogP contribution is -2.40. The summed E-state index contributed by atoms with van der Waals surface area (Å²) in [6.45, 7) is 0.187. The predicted octanol–water partition coefficient (Wildman–Crippen LogP) is 1.88. The van der Waals surface area contributed by atoms with Crippen LogP contribution in [0.25, 0.3) is 0 Å². The number of benzene rings is 2. The van der Waals surface area contributed by atoms with Gasteiger partial charge < -0.3 is 5.73 Å². The Balaban J connectivity index is 2.14. The number of carbonyl (C=O) groups is 1. The molecule has 0 radical (unpaired) electrons. The zero-order valence-electron chi connectivity index (χ0n) is 10.8. The second-order valence-corrected chi connectivity index (χ2v) is 5.38. The van der Waals surface area contributed by atoms with Crippen molar-refractivity contribution in [1.29, 1.82) is 0 Å². The molecule has 3 nitrogen and oxygen atoms in total. The van der Waals surface area contributed by atoms with Crippen LogP contribution < -0.4 is 5.73 Å². The molecule has 0 unspecified atom stereocenters. The highest BCUT2D eigenvalue weighted by molar-refractivity contribution is 8.00. The quantitative estimate of drug-likeness (QED) is 0.874. The number of nitrogens with zero attached hydrogens (tertiary/aromatic N) is 1. The van der Waals surface area contributed by atoms with Crippen LogP contribution >= 0.6 is 10.9 Å². The fraction of sp³-hybridized carbons (Fsp3) is 0.0625. The molecule has 2 aromatic rings. The second kappa shape index (κ2) is 5.45. The van der Waals surface area contributed by atoms with E-state index in [2.05, 4.69) is 0 Å². The van der Waals surface area contributed by atoms with Gasteiger partial charge in [0.1, 0.15) is 9.85 Å². The van der Waals surface area contributed by atoms with Gasteiger partial charge in [0.2, 0.25) is 0 Å². The summed E-state index contributed by atoms with van der Waals surface area (Å²) in [5.41, 5.74) is 7.70. The van der Waals surface area contributed by atoms with Crippen LogP contribution in [0, 0.1) is 0 Å². The third-order valence-corrected chi connectivity index (χ3v) is 4.39. The van der Waals surface area contributed by atoms with Crippen LogP contribution in [-0.4, -0.2) is 27.3 Å². The fourth-order valence-corrected chi connectivity index (χ4v) is 3.31. The van der Waals surface area contributed by atoms with Crippen molar-refractivity contribution in [2.45, 2.75) is 0 Å². The van der Waals surface area contributed by atoms with Crippen LogP contribution in [0.3, 0.4) is 0 Å². The summed E-state index contributed by atoms with van der Waals surface area (Å²) >= 11 is 0. The van der Waals surface area contributed by atoms with Gasteiger partial charge in [-0.3, -0.25) is 9.69 Å². The Labute approximate surface area is 121 Å². The van der Waals surface area contributed by atoms with Crippen LogP contribution in [0.15, 0.2) is 60.7 Å². The maximum atomic E-state index is 12.5. The minimum atomic E-state index is -0.0254.